The van der Waals surface area contributed by atoms with Crippen molar-refractivity contribution in [2.75, 3.05) is 0 Å². The third-order valence-corrected chi connectivity index (χ3v) is 4.76. The lowest BCUT2D eigenvalue weighted by Crippen LogP contribution is -2.37. The van der Waals surface area contributed by atoms with Crippen LogP contribution in [0.3, 0.4) is 0 Å². The van der Waals surface area contributed by atoms with Crippen LogP contribution < -0.4 is 10.1 Å². The molecule has 136 valence electrons. The van der Waals surface area contributed by atoms with Gasteiger partial charge in [0.15, 0.2) is 5.69 Å². The van der Waals surface area contributed by atoms with E-state index in [1.54, 1.807) is 12.1 Å². The Hall–Kier alpha value is -2.79. The summed E-state index contributed by atoms with van der Waals surface area (Å²) in [5.41, 5.74) is 2.98. The Kier molecular flexibility index (Phi) is 6.14. The average Bonchev–Trinajstić information content (AvgIpc) is 2.68. The van der Waals surface area contributed by atoms with E-state index in [2.05, 4.69) is 17.1 Å². The molecule has 0 aliphatic carbocycles. The maximum absolute atomic E-state index is 11.5. The number of carboxylic acids is 1. The molecule has 0 saturated heterocycles. The van der Waals surface area contributed by atoms with Gasteiger partial charge in [0.05, 0.1) is 0 Å². The first kappa shape index (κ1) is 19.0. The number of rotatable bonds is 7. The summed E-state index contributed by atoms with van der Waals surface area (Å²) in [5, 5.41) is 10.0. The highest BCUT2D eigenvalue weighted by molar-refractivity contribution is 6.68. The van der Waals surface area contributed by atoms with Crippen LogP contribution in [0.2, 0.25) is 11.3 Å². The highest BCUT2D eigenvalue weighted by atomic mass is 35.5. The molecule has 0 radical (unpaired) electrons. The van der Waals surface area contributed by atoms with Crippen LogP contribution in [-0.2, 0) is 6.42 Å². The number of carboxylic acid groups (broad SMARTS) is 1. The van der Waals surface area contributed by atoms with E-state index in [0.29, 0.717) is 11.3 Å². The van der Waals surface area contributed by atoms with E-state index in [4.69, 9.17) is 16.3 Å². The number of benzene rings is 2. The van der Waals surface area contributed by atoms with E-state index in [9.17, 15) is 9.90 Å². The van der Waals surface area contributed by atoms with E-state index in [1.165, 1.54) is 11.8 Å². The molecule has 0 unspecified atom stereocenters. The number of hydrogen-bond acceptors (Lipinski definition) is 3. The molecule has 0 amide bonds. The monoisotopic (exact) mass is 379 g/mol. The fraction of sp³-hybridized carbons (Fsp3) is 0.143. The van der Waals surface area contributed by atoms with Crippen molar-refractivity contribution < 1.29 is 14.6 Å². The molecule has 4 nitrogen and oxygen atoms in total. The molecule has 0 aliphatic rings. The summed E-state index contributed by atoms with van der Waals surface area (Å²) < 4.78 is 6.11. The average molecular weight is 380 g/mol. The van der Waals surface area contributed by atoms with Crippen molar-refractivity contribution in [1.82, 2.24) is 4.98 Å². The van der Waals surface area contributed by atoms with Gasteiger partial charge in [-0.1, -0.05) is 54.1 Å². The summed E-state index contributed by atoms with van der Waals surface area (Å²) in [5.74, 6) is -0.867. The first-order chi connectivity index (χ1) is 13.0. The second kappa shape index (κ2) is 8.74. The van der Waals surface area contributed by atoms with Gasteiger partial charge in [-0.3, -0.25) is 0 Å². The van der Waals surface area contributed by atoms with Crippen LogP contribution in [0.4, 0.5) is 0 Å². The van der Waals surface area contributed by atoms with E-state index in [-0.39, 0.29) is 18.4 Å². The van der Waals surface area contributed by atoms with E-state index in [0.717, 1.165) is 17.4 Å². The molecule has 6 heteroatoms. The molecule has 0 aliphatic heterocycles. The van der Waals surface area contributed by atoms with Crippen molar-refractivity contribution in [1.29, 1.82) is 0 Å². The van der Waals surface area contributed by atoms with E-state index in [1.807, 2.05) is 43.3 Å². The summed E-state index contributed by atoms with van der Waals surface area (Å²) in [6, 6.07) is 19.2. The van der Waals surface area contributed by atoms with Crippen molar-refractivity contribution in [3.63, 3.8) is 0 Å². The number of halogens is 1. The van der Waals surface area contributed by atoms with Gasteiger partial charge in [-0.2, -0.15) is 0 Å². The number of pyridine rings is 1. The number of carbonyl (C=O) groups is 1. The summed E-state index contributed by atoms with van der Waals surface area (Å²) >= 11 is 6.30. The van der Waals surface area contributed by atoms with Crippen LogP contribution in [0.5, 0.6) is 5.75 Å². The van der Waals surface area contributed by atoms with Crippen LogP contribution in [0.25, 0.3) is 0 Å². The molecular weight excluding hydrogens is 361 g/mol. The zero-order valence-electron chi connectivity index (χ0n) is 14.9. The lowest BCUT2D eigenvalue weighted by molar-refractivity contribution is 0.0688. The predicted molar refractivity (Wildman–Crippen MR) is 108 cm³/mol. The summed E-state index contributed by atoms with van der Waals surface area (Å²) in [6.45, 7) is 1.60. The van der Waals surface area contributed by atoms with Crippen molar-refractivity contribution in [3.05, 3.63) is 88.7 Å². The number of nitrogens with zero attached hydrogens (tertiary/aromatic N) is 1. The van der Waals surface area contributed by atoms with Gasteiger partial charge in [-0.15, -0.1) is 0 Å². The standard InChI is InChI=1S/C21H19BClNO3/c1-15-9-10-17(14-18(15)23)22(12-11-16-6-3-2-4-7-16)27-19-8-5-13-24-20(19)21(25)26/h2-10,13-14H,11-12H2,1H3,(H,25,26). The topological polar surface area (TPSA) is 59.4 Å². The first-order valence-electron chi connectivity index (χ1n) is 8.69. The Morgan fingerprint density at radius 2 is 1.93 bits per heavy atom. The van der Waals surface area contributed by atoms with Crippen LogP contribution in [0.1, 0.15) is 21.6 Å². The van der Waals surface area contributed by atoms with Crippen LogP contribution in [-0.4, -0.2) is 23.0 Å². The van der Waals surface area contributed by atoms with Gasteiger partial charge in [0.25, 0.3) is 0 Å². The minimum Gasteiger partial charge on any atom is -0.554 e. The van der Waals surface area contributed by atoms with Crippen LogP contribution in [0, 0.1) is 6.92 Å². The van der Waals surface area contributed by atoms with Gasteiger partial charge in [-0.05, 0) is 54.5 Å². The molecule has 1 aromatic heterocycles. The Morgan fingerprint density at radius 3 is 2.63 bits per heavy atom. The van der Waals surface area contributed by atoms with Gasteiger partial charge in [0.2, 0.25) is 0 Å². The number of aromatic carboxylic acids is 1. The van der Waals surface area contributed by atoms with Gasteiger partial charge in [-0.25, -0.2) is 9.78 Å². The Morgan fingerprint density at radius 1 is 1.15 bits per heavy atom. The molecule has 3 aromatic rings. The highest BCUT2D eigenvalue weighted by Gasteiger charge is 2.24. The minimum atomic E-state index is -1.12. The van der Waals surface area contributed by atoms with Gasteiger partial charge < -0.3 is 9.76 Å². The summed E-state index contributed by atoms with van der Waals surface area (Å²) in [4.78, 5) is 15.4. The summed E-state index contributed by atoms with van der Waals surface area (Å²) in [6.07, 6.45) is 2.91. The smallest absolute Gasteiger partial charge is 0.392 e. The SMILES string of the molecule is Cc1ccc(B(CCc2ccccc2)Oc2cccnc2C(=O)O)cc1Cl. The lowest BCUT2D eigenvalue weighted by Gasteiger charge is -2.18. The van der Waals surface area contributed by atoms with Crippen molar-refractivity contribution in [3.8, 4) is 5.75 Å². The van der Waals surface area contributed by atoms with E-state index >= 15 is 0 Å². The third-order valence-electron chi connectivity index (χ3n) is 4.35. The normalized spacial score (nSPS) is 10.4. The molecule has 1 N–H and O–H groups in total. The third kappa shape index (κ3) is 4.89. The lowest BCUT2D eigenvalue weighted by atomic mass is 9.57. The number of aromatic nitrogens is 1. The zero-order chi connectivity index (χ0) is 19.2. The fourth-order valence-electron chi connectivity index (χ4n) is 2.84. The fourth-order valence-corrected chi connectivity index (χ4v) is 3.03. The van der Waals surface area contributed by atoms with Gasteiger partial charge in [0.1, 0.15) is 5.75 Å². The van der Waals surface area contributed by atoms with Crippen molar-refractivity contribution in [2.45, 2.75) is 19.7 Å². The number of aryl methyl sites for hydroxylation is 2. The largest absolute Gasteiger partial charge is 0.554 e. The molecule has 27 heavy (non-hydrogen) atoms. The molecular formula is C21H19BClNO3. The van der Waals surface area contributed by atoms with Crippen molar-refractivity contribution >= 4 is 29.9 Å². The molecule has 0 bridgehead atoms. The molecule has 0 spiro atoms. The molecule has 0 atom stereocenters. The Balaban J connectivity index is 1.89. The molecule has 0 saturated carbocycles. The van der Waals surface area contributed by atoms with E-state index < -0.39 is 5.97 Å². The molecule has 3 rings (SSSR count). The molecule has 1 heterocycles. The summed E-state index contributed by atoms with van der Waals surface area (Å²) in [7, 11) is 0. The van der Waals surface area contributed by atoms with Gasteiger partial charge >= 0.3 is 12.9 Å². The van der Waals surface area contributed by atoms with Crippen LogP contribution in [0.15, 0.2) is 66.9 Å². The quantitative estimate of drug-likeness (QED) is 0.623. The maximum atomic E-state index is 11.5. The second-order valence-corrected chi connectivity index (χ2v) is 6.70. The Bertz CT molecular complexity index is 934. The minimum absolute atomic E-state index is 0.0968. The first-order valence-corrected chi connectivity index (χ1v) is 9.07. The zero-order valence-corrected chi connectivity index (χ0v) is 15.7. The molecule has 0 fully saturated rings. The second-order valence-electron chi connectivity index (χ2n) is 6.29. The Labute approximate surface area is 163 Å². The predicted octanol–water partition coefficient (Wildman–Crippen LogP) is 4.26. The maximum Gasteiger partial charge on any atom is 0.392 e. The van der Waals surface area contributed by atoms with Gasteiger partial charge in [0, 0.05) is 11.2 Å². The van der Waals surface area contributed by atoms with Crippen LogP contribution >= 0.6 is 11.6 Å². The highest BCUT2D eigenvalue weighted by Crippen LogP contribution is 2.19. The van der Waals surface area contributed by atoms with Crippen molar-refractivity contribution in [2.24, 2.45) is 0 Å². The molecule has 2 aromatic carbocycles. The number of hydrogen-bond donors (Lipinski definition) is 1.